The molecule has 0 unspecified atom stereocenters. The Morgan fingerprint density at radius 2 is 1.81 bits per heavy atom. The maximum absolute atomic E-state index is 12.6. The fraction of sp³-hybridized carbons (Fsp3) is 0.636. The predicted molar refractivity (Wildman–Crippen MR) is 121 cm³/mol. The third kappa shape index (κ3) is 4.39. The van der Waals surface area contributed by atoms with Gasteiger partial charge >= 0.3 is 0 Å². The number of carbonyl (C=O) groups is 2. The second-order valence-corrected chi connectivity index (χ2v) is 11.4. The Morgan fingerprint density at radius 3 is 2.42 bits per heavy atom. The zero-order chi connectivity index (χ0) is 21.4. The largest absolute Gasteiger partial charge is 0.302 e. The number of hydrogen-bond acceptors (Lipinski definition) is 6. The summed E-state index contributed by atoms with van der Waals surface area (Å²) in [6.45, 7) is 2.77. The molecule has 4 saturated carbocycles. The molecule has 0 atom stereocenters. The van der Waals surface area contributed by atoms with Crippen LogP contribution in [-0.4, -0.2) is 32.3 Å². The van der Waals surface area contributed by atoms with Crippen molar-refractivity contribution < 1.29 is 9.59 Å². The van der Waals surface area contributed by atoms with Crippen LogP contribution in [-0.2, 0) is 16.1 Å². The van der Waals surface area contributed by atoms with Crippen molar-refractivity contribution in [3.8, 4) is 10.7 Å². The van der Waals surface area contributed by atoms with Gasteiger partial charge in [0.2, 0.25) is 11.8 Å². The summed E-state index contributed by atoms with van der Waals surface area (Å²) in [5.74, 6) is 3.17. The average molecular weight is 460 g/mol. The molecule has 2 aromatic heterocycles. The highest BCUT2D eigenvalue weighted by atomic mass is 32.2. The van der Waals surface area contributed by atoms with Gasteiger partial charge in [-0.3, -0.25) is 20.4 Å². The summed E-state index contributed by atoms with van der Waals surface area (Å²) in [4.78, 5) is 26.0. The van der Waals surface area contributed by atoms with Crippen molar-refractivity contribution >= 4 is 34.9 Å². The van der Waals surface area contributed by atoms with Gasteiger partial charge in [0.05, 0.1) is 10.6 Å². The van der Waals surface area contributed by atoms with Gasteiger partial charge in [-0.1, -0.05) is 17.8 Å². The number of nitrogens with one attached hydrogen (secondary N) is 2. The fourth-order valence-electron chi connectivity index (χ4n) is 6.47. The number of hydrogen-bond donors (Lipinski definition) is 2. The highest BCUT2D eigenvalue weighted by molar-refractivity contribution is 7.99. The first kappa shape index (κ1) is 21.0. The maximum Gasteiger partial charge on any atom is 0.248 e. The van der Waals surface area contributed by atoms with E-state index in [2.05, 4.69) is 21.0 Å². The molecule has 4 aliphatic rings. The zero-order valence-electron chi connectivity index (χ0n) is 17.8. The Kier molecular flexibility index (Phi) is 5.81. The lowest BCUT2D eigenvalue weighted by Crippen LogP contribution is -2.50. The molecule has 6 rings (SSSR count). The van der Waals surface area contributed by atoms with Crippen LogP contribution in [0.4, 0.5) is 0 Å². The van der Waals surface area contributed by atoms with Crippen LogP contribution in [0.3, 0.4) is 0 Å². The number of rotatable bonds is 7. The molecule has 2 N–H and O–H groups in total. The maximum atomic E-state index is 12.6. The van der Waals surface area contributed by atoms with Crippen LogP contribution in [0.5, 0.6) is 0 Å². The quantitative estimate of drug-likeness (QED) is 0.485. The number of thiophene rings is 1. The second-order valence-electron chi connectivity index (χ2n) is 9.51. The van der Waals surface area contributed by atoms with Crippen molar-refractivity contribution in [3.63, 3.8) is 0 Å². The summed E-state index contributed by atoms with van der Waals surface area (Å²) < 4.78 is 2.01. The molecule has 31 heavy (non-hydrogen) atoms. The lowest BCUT2D eigenvalue weighted by atomic mass is 9.49. The standard InChI is InChI=1S/C22H29N5O2S2/c1-2-27-20(17-4-3-5-30-17)25-26-21(27)31-13-19(29)24-23-18(28)12-22-9-14-6-15(10-22)8-16(7-14)11-22/h3-5,14-16H,2,6-13H2,1H3,(H,23,28)(H,24,29). The van der Waals surface area contributed by atoms with Gasteiger partial charge in [0.1, 0.15) is 0 Å². The number of amides is 2. The molecule has 4 fully saturated rings. The monoisotopic (exact) mass is 459 g/mol. The van der Waals surface area contributed by atoms with Gasteiger partial charge in [0, 0.05) is 13.0 Å². The number of thioether (sulfide) groups is 1. The van der Waals surface area contributed by atoms with Crippen LogP contribution in [0, 0.1) is 23.2 Å². The molecule has 4 aliphatic carbocycles. The van der Waals surface area contributed by atoms with E-state index in [1.165, 1.54) is 50.3 Å². The second kappa shape index (κ2) is 8.58. The van der Waals surface area contributed by atoms with E-state index in [-0.39, 0.29) is 23.0 Å². The number of carbonyl (C=O) groups excluding carboxylic acids is 2. The van der Waals surface area contributed by atoms with Crippen LogP contribution in [0.2, 0.25) is 0 Å². The molecule has 7 nitrogen and oxygen atoms in total. The highest BCUT2D eigenvalue weighted by Gasteiger charge is 2.51. The van der Waals surface area contributed by atoms with E-state index in [9.17, 15) is 9.59 Å². The summed E-state index contributed by atoms with van der Waals surface area (Å²) in [5.41, 5.74) is 5.42. The van der Waals surface area contributed by atoms with Gasteiger partial charge in [0.15, 0.2) is 11.0 Å². The van der Waals surface area contributed by atoms with Crippen molar-refractivity contribution in [2.45, 2.75) is 63.6 Å². The minimum atomic E-state index is -0.229. The molecule has 0 spiro atoms. The molecule has 0 saturated heterocycles. The molecule has 166 valence electrons. The van der Waals surface area contributed by atoms with Crippen molar-refractivity contribution in [2.75, 3.05) is 5.75 Å². The average Bonchev–Trinajstić information content (AvgIpc) is 3.38. The van der Waals surface area contributed by atoms with E-state index in [1.807, 2.05) is 29.0 Å². The van der Waals surface area contributed by atoms with Crippen molar-refractivity contribution in [1.29, 1.82) is 0 Å². The molecule has 0 aromatic carbocycles. The first-order chi connectivity index (χ1) is 15.0. The Balaban J connectivity index is 1.11. The van der Waals surface area contributed by atoms with Crippen LogP contribution < -0.4 is 10.9 Å². The Morgan fingerprint density at radius 1 is 1.13 bits per heavy atom. The van der Waals surface area contributed by atoms with E-state index >= 15 is 0 Å². The van der Waals surface area contributed by atoms with Gasteiger partial charge in [-0.25, -0.2) is 0 Å². The van der Waals surface area contributed by atoms with Crippen molar-refractivity contribution in [1.82, 2.24) is 25.6 Å². The Labute approximate surface area is 190 Å². The number of aromatic nitrogens is 3. The molecule has 9 heteroatoms. The molecule has 4 bridgehead atoms. The van der Waals surface area contributed by atoms with E-state index in [4.69, 9.17) is 0 Å². The van der Waals surface area contributed by atoms with E-state index < -0.39 is 0 Å². The molecule has 2 amide bonds. The molecular formula is C22H29N5O2S2. The van der Waals surface area contributed by atoms with Crippen molar-refractivity contribution in [3.05, 3.63) is 17.5 Å². The van der Waals surface area contributed by atoms with Crippen molar-refractivity contribution in [2.24, 2.45) is 23.2 Å². The molecule has 0 aliphatic heterocycles. The normalized spacial score (nSPS) is 28.6. The minimum Gasteiger partial charge on any atom is -0.302 e. The zero-order valence-corrected chi connectivity index (χ0v) is 19.4. The van der Waals surface area contributed by atoms with E-state index in [0.717, 1.165) is 35.0 Å². The summed E-state index contributed by atoms with van der Waals surface area (Å²) >= 11 is 2.95. The fourth-order valence-corrected chi connectivity index (χ4v) is 7.99. The number of nitrogens with zero attached hydrogens (tertiary/aromatic N) is 3. The van der Waals surface area contributed by atoms with Gasteiger partial charge in [-0.2, -0.15) is 0 Å². The SMILES string of the molecule is CCn1c(SCC(=O)NNC(=O)CC23CC4CC(CC(C4)C2)C3)nnc1-c1cccs1. The summed E-state index contributed by atoms with van der Waals surface area (Å²) in [6.07, 6.45) is 8.21. The topological polar surface area (TPSA) is 88.9 Å². The lowest BCUT2D eigenvalue weighted by molar-refractivity contribution is -0.133. The van der Waals surface area contributed by atoms with Gasteiger partial charge < -0.3 is 4.57 Å². The molecule has 0 radical (unpaired) electrons. The smallest absolute Gasteiger partial charge is 0.248 e. The van der Waals surface area contributed by atoms with E-state index in [1.54, 1.807) is 11.3 Å². The summed E-state index contributed by atoms with van der Waals surface area (Å²) in [6, 6.07) is 4.00. The van der Waals surface area contributed by atoms with Gasteiger partial charge in [-0.15, -0.1) is 21.5 Å². The summed E-state index contributed by atoms with van der Waals surface area (Å²) in [5, 5.41) is 11.3. The van der Waals surface area contributed by atoms with Gasteiger partial charge in [-0.05, 0) is 80.1 Å². The first-order valence-corrected chi connectivity index (χ1v) is 13.1. The van der Waals surface area contributed by atoms with Crippen LogP contribution in [0.15, 0.2) is 22.7 Å². The Bertz CT molecular complexity index is 920. The predicted octanol–water partition coefficient (Wildman–Crippen LogP) is 3.87. The number of hydrazine groups is 1. The molecule has 2 heterocycles. The molecular weight excluding hydrogens is 430 g/mol. The third-order valence-corrected chi connectivity index (χ3v) is 8.98. The first-order valence-electron chi connectivity index (χ1n) is 11.2. The molecule has 2 aromatic rings. The highest BCUT2D eigenvalue weighted by Crippen LogP contribution is 2.61. The van der Waals surface area contributed by atoms with Crippen LogP contribution in [0.25, 0.3) is 10.7 Å². The minimum absolute atomic E-state index is 0.0583. The third-order valence-electron chi connectivity index (χ3n) is 7.15. The van der Waals surface area contributed by atoms with Crippen LogP contribution in [0.1, 0.15) is 51.9 Å². The van der Waals surface area contributed by atoms with E-state index in [0.29, 0.717) is 11.6 Å². The Hall–Kier alpha value is -1.87. The summed E-state index contributed by atoms with van der Waals surface area (Å²) in [7, 11) is 0. The lowest BCUT2D eigenvalue weighted by Gasteiger charge is -2.56. The van der Waals surface area contributed by atoms with Gasteiger partial charge in [0.25, 0.3) is 0 Å². The van der Waals surface area contributed by atoms with Crippen LogP contribution >= 0.6 is 23.1 Å².